The molecule has 2 aliphatic carbocycles. The first-order valence-electron chi connectivity index (χ1n) is 6.32. The van der Waals surface area contributed by atoms with Crippen molar-refractivity contribution < 1.29 is 14.7 Å². The van der Waals surface area contributed by atoms with Crippen LogP contribution in [0.2, 0.25) is 0 Å². The molecule has 4 heteroatoms. The fraction of sp³-hybridized carbons (Fsp3) is 0.692. The van der Waals surface area contributed by atoms with Crippen molar-refractivity contribution >= 4 is 11.9 Å². The van der Waals surface area contributed by atoms with Crippen LogP contribution in [0.5, 0.6) is 0 Å². The smallest absolute Gasteiger partial charge is 0.224 e. The Kier molecular flexibility index (Phi) is 3.50. The number of fused-ring (bicyclic) bond motifs is 2. The first-order valence-corrected chi connectivity index (χ1v) is 6.32. The molecule has 0 aromatic rings. The van der Waals surface area contributed by atoms with Gasteiger partial charge in [0.2, 0.25) is 5.91 Å². The molecule has 0 spiro atoms. The molecule has 0 heterocycles. The maximum Gasteiger partial charge on any atom is 0.224 e. The molecule has 1 fully saturated rings. The number of carbonyl (C=O) groups is 2. The van der Waals surface area contributed by atoms with Crippen LogP contribution in [0.1, 0.15) is 26.2 Å². The third kappa shape index (κ3) is 2.21. The molecule has 17 heavy (non-hydrogen) atoms. The molecule has 0 aliphatic heterocycles. The maximum absolute atomic E-state index is 12.0. The van der Waals surface area contributed by atoms with Crippen LogP contribution < -0.4 is 10.4 Å². The predicted octanol–water partition coefficient (Wildman–Crippen LogP) is 0.0909. The number of rotatable bonds is 5. The van der Waals surface area contributed by atoms with E-state index in [2.05, 4.69) is 12.2 Å². The molecule has 2 aliphatic rings. The van der Waals surface area contributed by atoms with Crippen molar-refractivity contribution in [1.82, 2.24) is 5.32 Å². The summed E-state index contributed by atoms with van der Waals surface area (Å²) < 4.78 is 0. The van der Waals surface area contributed by atoms with E-state index in [-0.39, 0.29) is 17.7 Å². The van der Waals surface area contributed by atoms with Crippen molar-refractivity contribution in [2.75, 3.05) is 6.54 Å². The van der Waals surface area contributed by atoms with E-state index in [1.807, 2.05) is 12.2 Å². The quantitative estimate of drug-likeness (QED) is 0.543. The van der Waals surface area contributed by atoms with Crippen molar-refractivity contribution in [3.63, 3.8) is 0 Å². The third-order valence-electron chi connectivity index (χ3n) is 3.86. The van der Waals surface area contributed by atoms with E-state index < -0.39 is 17.8 Å². The van der Waals surface area contributed by atoms with Gasteiger partial charge >= 0.3 is 0 Å². The summed E-state index contributed by atoms with van der Waals surface area (Å²) in [5.74, 6) is -2.18. The van der Waals surface area contributed by atoms with Gasteiger partial charge in [0.15, 0.2) is 0 Å². The normalized spacial score (nSPS) is 33.9. The monoisotopic (exact) mass is 236 g/mol. The minimum absolute atomic E-state index is 0.00748. The molecule has 0 aromatic heterocycles. The standard InChI is InChI=1S/C13H19NO3/c1-2-3-6-14-12(15)10-8-4-5-9(7-8)11(10)13(16)17/h4-5,8-11H,2-3,6-7H2,1H3,(H,14,15)(H,16,17)/p-1/t8-,9+,10+,11-/m0/s1. The number of hydrogen-bond acceptors (Lipinski definition) is 3. The number of carboxylic acid groups (broad SMARTS) is 1. The number of amides is 1. The van der Waals surface area contributed by atoms with Gasteiger partial charge in [-0.15, -0.1) is 0 Å². The molecular weight excluding hydrogens is 218 g/mol. The van der Waals surface area contributed by atoms with Crippen molar-refractivity contribution in [3.8, 4) is 0 Å². The van der Waals surface area contributed by atoms with Gasteiger partial charge in [0.1, 0.15) is 0 Å². The lowest BCUT2D eigenvalue weighted by Gasteiger charge is -2.27. The van der Waals surface area contributed by atoms with Gasteiger partial charge in [-0.2, -0.15) is 0 Å². The second-order valence-corrected chi connectivity index (χ2v) is 4.96. The molecule has 94 valence electrons. The zero-order valence-electron chi connectivity index (χ0n) is 10.0. The first-order chi connectivity index (χ1) is 8.15. The minimum Gasteiger partial charge on any atom is -0.550 e. The number of aliphatic carboxylic acids is 1. The van der Waals surface area contributed by atoms with Crippen LogP contribution in [0, 0.1) is 23.7 Å². The van der Waals surface area contributed by atoms with Crippen molar-refractivity contribution in [2.24, 2.45) is 23.7 Å². The van der Waals surface area contributed by atoms with E-state index >= 15 is 0 Å². The highest BCUT2D eigenvalue weighted by atomic mass is 16.4. The average molecular weight is 236 g/mol. The fourth-order valence-corrected chi connectivity index (χ4v) is 3.01. The molecular formula is C13H18NO3-. The number of carbonyl (C=O) groups excluding carboxylic acids is 2. The Labute approximate surface area is 101 Å². The Bertz CT molecular complexity index is 351. The summed E-state index contributed by atoms with van der Waals surface area (Å²) in [4.78, 5) is 23.1. The summed E-state index contributed by atoms with van der Waals surface area (Å²) in [6.07, 6.45) is 6.62. The zero-order valence-corrected chi connectivity index (χ0v) is 10.0. The molecule has 0 unspecified atom stereocenters. The van der Waals surface area contributed by atoms with Crippen molar-refractivity contribution in [3.05, 3.63) is 12.2 Å². The molecule has 4 atom stereocenters. The maximum atomic E-state index is 12.0. The van der Waals surface area contributed by atoms with Crippen LogP contribution in [-0.2, 0) is 9.59 Å². The molecule has 1 saturated carbocycles. The molecule has 0 radical (unpaired) electrons. The number of hydrogen-bond donors (Lipinski definition) is 1. The summed E-state index contributed by atoms with van der Waals surface area (Å²) in [5.41, 5.74) is 0. The van der Waals surface area contributed by atoms with Crippen LogP contribution in [0.25, 0.3) is 0 Å². The van der Waals surface area contributed by atoms with E-state index in [1.165, 1.54) is 0 Å². The average Bonchev–Trinajstić information content (AvgIpc) is 2.88. The Balaban J connectivity index is 2.01. The SMILES string of the molecule is CCCCNC(=O)[C@H]1[C@@H](C(=O)[O-])[C@@H]2C=C[C@H]1C2. The Hall–Kier alpha value is -1.32. The second-order valence-electron chi connectivity index (χ2n) is 4.96. The lowest BCUT2D eigenvalue weighted by Crippen LogP contribution is -2.45. The molecule has 1 amide bonds. The van der Waals surface area contributed by atoms with Crippen LogP contribution in [-0.4, -0.2) is 18.4 Å². The van der Waals surface area contributed by atoms with E-state index in [9.17, 15) is 14.7 Å². The molecule has 2 bridgehead atoms. The van der Waals surface area contributed by atoms with Crippen molar-refractivity contribution in [2.45, 2.75) is 26.2 Å². The number of unbranched alkanes of at least 4 members (excludes halogenated alkanes) is 1. The summed E-state index contributed by atoms with van der Waals surface area (Å²) in [6.45, 7) is 2.68. The van der Waals surface area contributed by atoms with Crippen LogP contribution >= 0.6 is 0 Å². The molecule has 2 rings (SSSR count). The molecule has 0 aromatic carbocycles. The number of allylic oxidation sites excluding steroid dienone is 2. The first kappa shape index (κ1) is 12.1. The summed E-state index contributed by atoms with van der Waals surface area (Å²) >= 11 is 0. The molecule has 0 saturated heterocycles. The lowest BCUT2D eigenvalue weighted by atomic mass is 9.82. The van der Waals surface area contributed by atoms with Gasteiger partial charge in [-0.1, -0.05) is 25.5 Å². The summed E-state index contributed by atoms with van der Waals surface area (Å²) in [5, 5.41) is 13.9. The fourth-order valence-electron chi connectivity index (χ4n) is 3.01. The van der Waals surface area contributed by atoms with Crippen LogP contribution in [0.3, 0.4) is 0 Å². The largest absolute Gasteiger partial charge is 0.550 e. The summed E-state index contributed by atoms with van der Waals surface area (Å²) in [7, 11) is 0. The van der Waals surface area contributed by atoms with Gasteiger partial charge in [0, 0.05) is 18.4 Å². The Morgan fingerprint density at radius 3 is 2.53 bits per heavy atom. The van der Waals surface area contributed by atoms with Gasteiger partial charge in [0.25, 0.3) is 0 Å². The Morgan fingerprint density at radius 1 is 1.29 bits per heavy atom. The van der Waals surface area contributed by atoms with Crippen LogP contribution in [0.15, 0.2) is 12.2 Å². The number of carboxylic acids is 1. The zero-order chi connectivity index (χ0) is 12.4. The highest BCUT2D eigenvalue weighted by Crippen LogP contribution is 2.47. The summed E-state index contributed by atoms with van der Waals surface area (Å²) in [6, 6.07) is 0. The van der Waals surface area contributed by atoms with E-state index in [0.717, 1.165) is 19.3 Å². The Morgan fingerprint density at radius 2 is 1.94 bits per heavy atom. The lowest BCUT2D eigenvalue weighted by molar-refractivity contribution is -0.313. The van der Waals surface area contributed by atoms with Crippen molar-refractivity contribution in [1.29, 1.82) is 0 Å². The van der Waals surface area contributed by atoms with Crippen LogP contribution in [0.4, 0.5) is 0 Å². The van der Waals surface area contributed by atoms with Gasteiger partial charge in [-0.3, -0.25) is 4.79 Å². The topological polar surface area (TPSA) is 69.2 Å². The van der Waals surface area contributed by atoms with Gasteiger partial charge in [-0.25, -0.2) is 0 Å². The van der Waals surface area contributed by atoms with E-state index in [0.29, 0.717) is 6.54 Å². The van der Waals surface area contributed by atoms with Gasteiger partial charge in [0.05, 0.1) is 5.92 Å². The van der Waals surface area contributed by atoms with E-state index in [1.54, 1.807) is 0 Å². The molecule has 1 N–H and O–H groups in total. The number of nitrogens with one attached hydrogen (secondary N) is 1. The second kappa shape index (κ2) is 4.90. The van der Waals surface area contributed by atoms with E-state index in [4.69, 9.17) is 0 Å². The highest BCUT2D eigenvalue weighted by molar-refractivity contribution is 5.86. The van der Waals surface area contributed by atoms with Gasteiger partial charge < -0.3 is 15.2 Å². The predicted molar refractivity (Wildman–Crippen MR) is 60.6 cm³/mol. The van der Waals surface area contributed by atoms with Gasteiger partial charge in [-0.05, 0) is 24.7 Å². The molecule has 4 nitrogen and oxygen atoms in total. The minimum atomic E-state index is -1.09. The highest BCUT2D eigenvalue weighted by Gasteiger charge is 2.48. The third-order valence-corrected chi connectivity index (χ3v) is 3.86.